The van der Waals surface area contributed by atoms with Gasteiger partial charge in [0.25, 0.3) is 0 Å². The summed E-state index contributed by atoms with van der Waals surface area (Å²) in [5.41, 5.74) is -7.04. The molecule has 6 rings (SSSR count). The lowest BCUT2D eigenvalue weighted by atomic mass is 9.43. The van der Waals surface area contributed by atoms with Gasteiger partial charge in [-0.1, -0.05) is 83.7 Å². The van der Waals surface area contributed by atoms with E-state index < -0.39 is 112 Å². The Hall–Kier alpha value is -4.63. The Morgan fingerprint density at radius 3 is 2.10 bits per heavy atom. The standard InChI is InChI=1S/C44H55NO13.CH4/c1-23-20-29-43(22-54-29,57-25(3)46)34-36(56-37(50)27-18-14-11-15-19-27)44(53)21-28(24(2)30(41(44,7)8)32(47)35(49)42(23,34)9)55-38(51)33(48)31(26-16-12-10-13-17-26)45-39(52)58-40(4,5)6;/h10-19,23,28-29,31-34,36,47-48,53H,20-22H2,1-9H3,(H,45,52);1H4/t23-,28-,29+,31-,32+,33+,34+,36-,42+,43-,44+;/m0./s1. The van der Waals surface area contributed by atoms with Gasteiger partial charge in [0.2, 0.25) is 0 Å². The van der Waals surface area contributed by atoms with Crippen molar-refractivity contribution in [3.63, 3.8) is 0 Å². The molecule has 2 bridgehead atoms. The largest absolute Gasteiger partial charge is 0.456 e. The SMILES string of the molecule is C.CC(=O)O[C@@]12CO[C@@H]1C[C@H](C)[C@@]1(C)C(=O)[C@H](O)C3=C(C)[C@@H](OC(=O)[C@H](O)[C@@H](NC(=O)OC(C)(C)C)c4ccccc4)C[C@@](O)([C@@H](OC(=O)c4ccccc4)[C@@H]21)C3(C)C. The average Bonchev–Trinajstić information content (AvgIpc) is 3.14. The molecule has 1 amide bonds. The number of carbonyl (C=O) groups is 5. The van der Waals surface area contributed by atoms with E-state index in [4.69, 9.17) is 23.7 Å². The summed E-state index contributed by atoms with van der Waals surface area (Å²) in [5.74, 6) is -5.19. The van der Waals surface area contributed by atoms with Gasteiger partial charge in [0, 0.05) is 24.2 Å². The lowest BCUT2D eigenvalue weighted by Crippen LogP contribution is -2.80. The van der Waals surface area contributed by atoms with E-state index in [9.17, 15) is 34.5 Å². The number of hydrogen-bond acceptors (Lipinski definition) is 13. The van der Waals surface area contributed by atoms with Crippen molar-refractivity contribution in [3.8, 4) is 0 Å². The van der Waals surface area contributed by atoms with Crippen LogP contribution in [0, 0.1) is 22.7 Å². The molecule has 0 aromatic heterocycles. The van der Waals surface area contributed by atoms with E-state index in [1.807, 2.05) is 0 Å². The first-order chi connectivity index (χ1) is 27.0. The highest BCUT2D eigenvalue weighted by Crippen LogP contribution is 2.65. The average molecular weight is 822 g/mol. The van der Waals surface area contributed by atoms with E-state index in [1.54, 1.807) is 104 Å². The van der Waals surface area contributed by atoms with Crippen molar-refractivity contribution in [2.24, 2.45) is 22.7 Å². The third-order valence-electron chi connectivity index (χ3n) is 13.0. The first-order valence-electron chi connectivity index (χ1n) is 19.7. The number of rotatable bonds is 8. The molecule has 14 nitrogen and oxygen atoms in total. The van der Waals surface area contributed by atoms with Gasteiger partial charge >= 0.3 is 24.0 Å². The minimum atomic E-state index is -2.24. The van der Waals surface area contributed by atoms with Crippen LogP contribution in [0.2, 0.25) is 0 Å². The van der Waals surface area contributed by atoms with Crippen LogP contribution in [0.5, 0.6) is 0 Å². The fraction of sp³-hybridized carbons (Fsp3) is 0.578. The van der Waals surface area contributed by atoms with Crippen LogP contribution < -0.4 is 5.32 Å². The third kappa shape index (κ3) is 7.69. The van der Waals surface area contributed by atoms with Crippen molar-refractivity contribution < 1.29 is 63.0 Å². The van der Waals surface area contributed by atoms with Crippen LogP contribution in [-0.4, -0.2) is 99.0 Å². The van der Waals surface area contributed by atoms with Crippen molar-refractivity contribution in [1.82, 2.24) is 5.32 Å². The second-order valence-corrected chi connectivity index (χ2v) is 18.0. The van der Waals surface area contributed by atoms with Crippen LogP contribution >= 0.6 is 0 Å². The number of hydrogen-bond donors (Lipinski definition) is 4. The number of ether oxygens (including phenoxy) is 5. The van der Waals surface area contributed by atoms with E-state index in [0.29, 0.717) is 5.56 Å². The maximum atomic E-state index is 15.1. The molecule has 59 heavy (non-hydrogen) atoms. The first kappa shape index (κ1) is 45.5. The molecule has 3 fully saturated rings. The molecule has 0 spiro atoms. The Labute approximate surface area is 345 Å². The highest BCUT2D eigenvalue weighted by molar-refractivity contribution is 5.94. The maximum Gasteiger partial charge on any atom is 0.408 e. The number of aliphatic hydroxyl groups excluding tert-OH is 2. The topological polar surface area (TPSA) is 204 Å². The number of nitrogens with one attached hydrogen (secondary N) is 1. The van der Waals surface area contributed by atoms with Crippen molar-refractivity contribution in [2.75, 3.05) is 6.61 Å². The van der Waals surface area contributed by atoms with Gasteiger partial charge in [-0.25, -0.2) is 14.4 Å². The maximum absolute atomic E-state index is 15.1. The minimum absolute atomic E-state index is 0. The Bertz CT molecular complexity index is 1980. The summed E-state index contributed by atoms with van der Waals surface area (Å²) >= 11 is 0. The van der Waals surface area contributed by atoms with E-state index in [0.717, 1.165) is 0 Å². The number of aliphatic hydroxyl groups is 3. The number of amides is 1. The summed E-state index contributed by atoms with van der Waals surface area (Å²) < 4.78 is 30.0. The Morgan fingerprint density at radius 2 is 1.56 bits per heavy atom. The molecule has 2 aromatic rings. The summed E-state index contributed by atoms with van der Waals surface area (Å²) in [6.45, 7) is 14.2. The molecule has 2 aromatic carbocycles. The zero-order valence-electron chi connectivity index (χ0n) is 34.4. The summed E-state index contributed by atoms with van der Waals surface area (Å²) in [6.07, 6.45) is -8.74. The van der Waals surface area contributed by atoms with Gasteiger partial charge < -0.3 is 44.3 Å². The quantitative estimate of drug-likeness (QED) is 0.154. The number of esters is 3. The third-order valence-corrected chi connectivity index (χ3v) is 13.0. The van der Waals surface area contributed by atoms with Gasteiger partial charge in [0.05, 0.1) is 24.1 Å². The molecule has 4 aliphatic rings. The molecule has 3 aliphatic carbocycles. The van der Waals surface area contributed by atoms with Crippen molar-refractivity contribution >= 4 is 29.8 Å². The molecule has 0 radical (unpaired) electrons. The van der Waals surface area contributed by atoms with E-state index >= 15 is 4.79 Å². The molecule has 4 N–H and O–H groups in total. The summed E-state index contributed by atoms with van der Waals surface area (Å²) in [6, 6.07) is 15.0. The van der Waals surface area contributed by atoms with Gasteiger partial charge in [0.1, 0.15) is 35.6 Å². The number of carbonyl (C=O) groups excluding carboxylic acids is 5. The zero-order chi connectivity index (χ0) is 42.7. The highest BCUT2D eigenvalue weighted by Gasteiger charge is 2.77. The second kappa shape index (κ2) is 16.1. The number of benzene rings is 2. The zero-order valence-corrected chi connectivity index (χ0v) is 34.4. The van der Waals surface area contributed by atoms with Crippen LogP contribution in [0.1, 0.15) is 105 Å². The van der Waals surface area contributed by atoms with E-state index in [2.05, 4.69) is 5.32 Å². The molecular weight excluding hydrogens is 762 g/mol. The molecular formula is C45H59NO13. The lowest BCUT2D eigenvalue weighted by Gasteiger charge is -2.68. The monoisotopic (exact) mass is 821 g/mol. The van der Waals surface area contributed by atoms with Gasteiger partial charge in [-0.2, -0.15) is 0 Å². The Morgan fingerprint density at radius 1 is 0.966 bits per heavy atom. The minimum Gasteiger partial charge on any atom is -0.456 e. The number of Topliss-reactive ketones (excluding diaryl/α,β-unsaturated/α-hetero) is 1. The number of fused-ring (bicyclic) bond motifs is 5. The van der Waals surface area contributed by atoms with Crippen molar-refractivity contribution in [2.45, 2.75) is 136 Å². The predicted octanol–water partition coefficient (Wildman–Crippen LogP) is 5.17. The smallest absolute Gasteiger partial charge is 0.408 e. The summed E-state index contributed by atoms with van der Waals surface area (Å²) in [7, 11) is 0. The van der Waals surface area contributed by atoms with Crippen LogP contribution in [0.3, 0.4) is 0 Å². The van der Waals surface area contributed by atoms with Crippen LogP contribution in [0.15, 0.2) is 71.8 Å². The number of ketones is 1. The van der Waals surface area contributed by atoms with Crippen LogP contribution in [-0.2, 0) is 38.1 Å². The van der Waals surface area contributed by atoms with Crippen molar-refractivity contribution in [1.29, 1.82) is 0 Å². The molecule has 1 heterocycles. The van der Waals surface area contributed by atoms with Crippen molar-refractivity contribution in [3.05, 3.63) is 82.9 Å². The molecule has 322 valence electrons. The molecule has 2 saturated carbocycles. The number of alkyl carbamates (subject to hydrolysis) is 1. The van der Waals surface area contributed by atoms with E-state index in [-0.39, 0.29) is 37.2 Å². The summed E-state index contributed by atoms with van der Waals surface area (Å²) in [4.78, 5) is 69.2. The Kier molecular flexibility index (Phi) is 12.4. The van der Waals surface area contributed by atoms with Gasteiger partial charge in [-0.05, 0) is 68.9 Å². The highest BCUT2D eigenvalue weighted by atomic mass is 16.6. The van der Waals surface area contributed by atoms with Gasteiger partial charge in [-0.3, -0.25) is 9.59 Å². The normalized spacial score (nSPS) is 33.1. The van der Waals surface area contributed by atoms with Gasteiger partial charge in [0.15, 0.2) is 17.5 Å². The second-order valence-electron chi connectivity index (χ2n) is 18.0. The molecule has 11 atom stereocenters. The lowest BCUT2D eigenvalue weighted by molar-refractivity contribution is -0.340. The molecule has 1 aliphatic heterocycles. The molecule has 14 heteroatoms. The van der Waals surface area contributed by atoms with Gasteiger partial charge in [-0.15, -0.1) is 0 Å². The molecule has 1 saturated heterocycles. The Balaban J connectivity index is 0.00000661. The fourth-order valence-corrected chi connectivity index (χ4v) is 9.86. The predicted molar refractivity (Wildman–Crippen MR) is 213 cm³/mol. The van der Waals surface area contributed by atoms with Crippen LogP contribution in [0.4, 0.5) is 4.79 Å². The van der Waals surface area contributed by atoms with E-state index in [1.165, 1.54) is 19.1 Å². The molecule has 0 unspecified atom stereocenters. The first-order valence-corrected chi connectivity index (χ1v) is 19.7. The van der Waals surface area contributed by atoms with Crippen LogP contribution in [0.25, 0.3) is 0 Å². The fourth-order valence-electron chi connectivity index (χ4n) is 9.86. The summed E-state index contributed by atoms with van der Waals surface area (Å²) in [5, 5.41) is 40.0.